The Morgan fingerprint density at radius 1 is 1.45 bits per heavy atom. The van der Waals surface area contributed by atoms with Crippen LogP contribution in [0.5, 0.6) is 0 Å². The van der Waals surface area contributed by atoms with Crippen LogP contribution in [0.2, 0.25) is 0 Å². The normalized spacial score (nSPS) is 16.6. The Balaban J connectivity index is 0.00000200. The molecule has 3 nitrogen and oxygen atoms in total. The molecule has 2 N–H and O–H groups in total. The molecule has 0 unspecified atom stereocenters. The van der Waals surface area contributed by atoms with Crippen LogP contribution in [0.25, 0.3) is 0 Å². The standard InChI is InChI=1S/C14H18BrFN2O.ClH/c1-18(13(19)14(17)6-2-3-7-14)9-10-8-11(15)4-5-12(10)16;/h4-5,8H,2-3,6-7,9,17H2,1H3;1H. The molecule has 20 heavy (non-hydrogen) atoms. The smallest absolute Gasteiger partial charge is 0.242 e. The number of rotatable bonds is 3. The second kappa shape index (κ2) is 6.87. The molecule has 1 fully saturated rings. The largest absolute Gasteiger partial charge is 0.340 e. The van der Waals surface area contributed by atoms with Crippen molar-refractivity contribution in [2.45, 2.75) is 37.8 Å². The topological polar surface area (TPSA) is 46.3 Å². The lowest BCUT2D eigenvalue weighted by molar-refractivity contribution is -0.136. The van der Waals surface area contributed by atoms with Crippen LogP contribution in [0.15, 0.2) is 22.7 Å². The summed E-state index contributed by atoms with van der Waals surface area (Å²) in [6.45, 7) is 0.239. The van der Waals surface area contributed by atoms with E-state index in [0.29, 0.717) is 5.56 Å². The number of nitrogens with zero attached hydrogens (tertiary/aromatic N) is 1. The zero-order chi connectivity index (χ0) is 14.0. The van der Waals surface area contributed by atoms with Gasteiger partial charge in [0.05, 0.1) is 5.54 Å². The first-order valence-electron chi connectivity index (χ1n) is 6.41. The molecule has 0 spiro atoms. The lowest BCUT2D eigenvalue weighted by Gasteiger charge is -2.28. The van der Waals surface area contributed by atoms with Crippen molar-refractivity contribution >= 4 is 34.2 Å². The zero-order valence-electron chi connectivity index (χ0n) is 11.4. The molecular formula is C14H19BrClFN2O. The Labute approximate surface area is 133 Å². The number of hydrogen-bond donors (Lipinski definition) is 1. The van der Waals surface area contributed by atoms with E-state index >= 15 is 0 Å². The number of carbonyl (C=O) groups is 1. The monoisotopic (exact) mass is 364 g/mol. The SMILES string of the molecule is CN(Cc1cc(Br)ccc1F)C(=O)C1(N)CCCC1.Cl. The highest BCUT2D eigenvalue weighted by Gasteiger charge is 2.38. The third-order valence-corrected chi connectivity index (χ3v) is 4.18. The van der Waals surface area contributed by atoms with Crippen molar-refractivity contribution in [2.24, 2.45) is 5.73 Å². The van der Waals surface area contributed by atoms with Gasteiger partial charge in [0, 0.05) is 23.6 Å². The van der Waals surface area contributed by atoms with Crippen molar-refractivity contribution in [1.82, 2.24) is 4.90 Å². The van der Waals surface area contributed by atoms with Crippen LogP contribution in [0.3, 0.4) is 0 Å². The molecule has 0 bridgehead atoms. The van der Waals surface area contributed by atoms with E-state index in [0.717, 1.165) is 30.2 Å². The number of amides is 1. The van der Waals surface area contributed by atoms with Gasteiger partial charge < -0.3 is 10.6 Å². The number of hydrogen-bond acceptors (Lipinski definition) is 2. The van der Waals surface area contributed by atoms with E-state index in [4.69, 9.17) is 5.73 Å². The van der Waals surface area contributed by atoms with Gasteiger partial charge in [-0.15, -0.1) is 12.4 Å². The van der Waals surface area contributed by atoms with Crippen LogP contribution in [-0.2, 0) is 11.3 Å². The molecular weight excluding hydrogens is 347 g/mol. The van der Waals surface area contributed by atoms with Crippen molar-refractivity contribution in [3.63, 3.8) is 0 Å². The number of carbonyl (C=O) groups excluding carboxylic acids is 1. The average molecular weight is 366 g/mol. The fourth-order valence-corrected chi connectivity index (χ4v) is 3.00. The molecule has 1 saturated carbocycles. The Morgan fingerprint density at radius 3 is 2.65 bits per heavy atom. The fraction of sp³-hybridized carbons (Fsp3) is 0.500. The predicted octanol–water partition coefficient (Wildman–Crippen LogP) is 3.24. The summed E-state index contributed by atoms with van der Waals surface area (Å²) < 4.78 is 14.5. The van der Waals surface area contributed by atoms with E-state index in [-0.39, 0.29) is 30.7 Å². The van der Waals surface area contributed by atoms with E-state index in [1.807, 2.05) is 0 Å². The van der Waals surface area contributed by atoms with Crippen molar-refractivity contribution in [2.75, 3.05) is 7.05 Å². The number of likely N-dealkylation sites (N-methyl/N-ethyl adjacent to an activating group) is 1. The van der Waals surface area contributed by atoms with Crippen LogP contribution in [0, 0.1) is 5.82 Å². The third-order valence-electron chi connectivity index (χ3n) is 3.68. The quantitative estimate of drug-likeness (QED) is 0.894. The van der Waals surface area contributed by atoms with E-state index in [1.165, 1.54) is 11.0 Å². The molecule has 0 saturated heterocycles. The molecule has 0 heterocycles. The maximum absolute atomic E-state index is 13.7. The molecule has 1 aliphatic rings. The minimum atomic E-state index is -0.753. The minimum absolute atomic E-state index is 0. The van der Waals surface area contributed by atoms with Gasteiger partial charge in [0.2, 0.25) is 5.91 Å². The van der Waals surface area contributed by atoms with Gasteiger partial charge in [0.1, 0.15) is 5.82 Å². The van der Waals surface area contributed by atoms with Crippen LogP contribution in [0.1, 0.15) is 31.2 Å². The molecule has 1 aromatic rings. The Bertz CT molecular complexity index is 492. The van der Waals surface area contributed by atoms with Gasteiger partial charge in [0.15, 0.2) is 0 Å². The first-order chi connectivity index (χ1) is 8.92. The minimum Gasteiger partial charge on any atom is -0.340 e. The Morgan fingerprint density at radius 2 is 2.05 bits per heavy atom. The van der Waals surface area contributed by atoms with Gasteiger partial charge in [-0.05, 0) is 31.0 Å². The highest BCUT2D eigenvalue weighted by molar-refractivity contribution is 9.10. The van der Waals surface area contributed by atoms with E-state index in [9.17, 15) is 9.18 Å². The lowest BCUT2D eigenvalue weighted by Crippen LogP contribution is -2.52. The van der Waals surface area contributed by atoms with Crippen molar-refractivity contribution < 1.29 is 9.18 Å². The van der Waals surface area contributed by atoms with Crippen molar-refractivity contribution in [1.29, 1.82) is 0 Å². The molecule has 0 aliphatic heterocycles. The van der Waals surface area contributed by atoms with Crippen LogP contribution in [-0.4, -0.2) is 23.4 Å². The molecule has 1 aliphatic carbocycles. The summed E-state index contributed by atoms with van der Waals surface area (Å²) in [5.74, 6) is -0.398. The molecule has 2 rings (SSSR count). The van der Waals surface area contributed by atoms with Crippen LogP contribution in [0.4, 0.5) is 4.39 Å². The van der Waals surface area contributed by atoms with Gasteiger partial charge >= 0.3 is 0 Å². The molecule has 0 aromatic heterocycles. The van der Waals surface area contributed by atoms with E-state index in [2.05, 4.69) is 15.9 Å². The van der Waals surface area contributed by atoms with Gasteiger partial charge in [-0.2, -0.15) is 0 Å². The van der Waals surface area contributed by atoms with Gasteiger partial charge in [-0.1, -0.05) is 28.8 Å². The van der Waals surface area contributed by atoms with Gasteiger partial charge in [0.25, 0.3) is 0 Å². The second-order valence-corrected chi connectivity index (χ2v) is 6.18. The summed E-state index contributed by atoms with van der Waals surface area (Å²) in [6.07, 6.45) is 3.41. The van der Waals surface area contributed by atoms with E-state index in [1.54, 1.807) is 19.2 Å². The summed E-state index contributed by atoms with van der Waals surface area (Å²) >= 11 is 3.31. The van der Waals surface area contributed by atoms with Crippen LogP contribution >= 0.6 is 28.3 Å². The zero-order valence-corrected chi connectivity index (χ0v) is 13.8. The first kappa shape index (κ1) is 17.4. The number of benzene rings is 1. The summed E-state index contributed by atoms with van der Waals surface area (Å²) in [5, 5.41) is 0. The lowest BCUT2D eigenvalue weighted by atomic mass is 9.97. The number of halogens is 3. The summed E-state index contributed by atoms with van der Waals surface area (Å²) in [5.41, 5.74) is 5.87. The maximum Gasteiger partial charge on any atom is 0.242 e. The van der Waals surface area contributed by atoms with Gasteiger partial charge in [-0.25, -0.2) is 4.39 Å². The first-order valence-corrected chi connectivity index (χ1v) is 7.20. The average Bonchev–Trinajstić information content (AvgIpc) is 2.81. The molecule has 6 heteroatoms. The highest BCUT2D eigenvalue weighted by Crippen LogP contribution is 2.29. The Hall–Kier alpha value is -0.650. The molecule has 1 amide bonds. The molecule has 1 aromatic carbocycles. The Kier molecular flexibility index (Phi) is 5.98. The van der Waals surface area contributed by atoms with Crippen LogP contribution < -0.4 is 5.73 Å². The van der Waals surface area contributed by atoms with Crippen molar-refractivity contribution in [3.8, 4) is 0 Å². The predicted molar refractivity (Wildman–Crippen MR) is 83.2 cm³/mol. The molecule has 0 radical (unpaired) electrons. The summed E-state index contributed by atoms with van der Waals surface area (Å²) in [6, 6.07) is 4.73. The van der Waals surface area contributed by atoms with Gasteiger partial charge in [-0.3, -0.25) is 4.79 Å². The third kappa shape index (κ3) is 3.71. The molecule has 112 valence electrons. The fourth-order valence-electron chi connectivity index (χ4n) is 2.59. The summed E-state index contributed by atoms with van der Waals surface area (Å²) in [4.78, 5) is 13.9. The van der Waals surface area contributed by atoms with E-state index < -0.39 is 5.54 Å². The summed E-state index contributed by atoms with van der Waals surface area (Å²) in [7, 11) is 1.68. The maximum atomic E-state index is 13.7. The second-order valence-electron chi connectivity index (χ2n) is 5.26. The molecule has 0 atom stereocenters. The highest BCUT2D eigenvalue weighted by atomic mass is 79.9. The van der Waals surface area contributed by atoms with Crippen molar-refractivity contribution in [3.05, 3.63) is 34.1 Å². The number of nitrogens with two attached hydrogens (primary N) is 1.